The molecule has 0 aliphatic rings. The summed E-state index contributed by atoms with van der Waals surface area (Å²) in [5, 5.41) is 2.68. The summed E-state index contributed by atoms with van der Waals surface area (Å²) in [6.07, 6.45) is 3.08. The fraction of sp³-hybridized carbons (Fsp3) is 0.190. The molecule has 0 aliphatic heterocycles. The summed E-state index contributed by atoms with van der Waals surface area (Å²) in [7, 11) is 0. The van der Waals surface area contributed by atoms with Gasteiger partial charge < -0.3 is 5.32 Å². The van der Waals surface area contributed by atoms with Crippen LogP contribution in [-0.2, 0) is 9.59 Å². The highest BCUT2D eigenvalue weighted by atomic mass is 16.2. The van der Waals surface area contributed by atoms with Gasteiger partial charge in [0, 0.05) is 11.5 Å². The molecule has 0 heterocycles. The van der Waals surface area contributed by atoms with E-state index in [9.17, 15) is 14.4 Å². The van der Waals surface area contributed by atoms with Gasteiger partial charge in [-0.15, -0.1) is 0 Å². The Bertz CT molecular complexity index is 852. The van der Waals surface area contributed by atoms with Crippen LogP contribution in [0, 0.1) is 5.41 Å². The first-order chi connectivity index (χ1) is 12.8. The molecular weight excluding hydrogens is 342 g/mol. The molecule has 0 fully saturated rings. The van der Waals surface area contributed by atoms with Crippen molar-refractivity contribution in [2.45, 2.75) is 20.8 Å². The molecule has 3 amide bonds. The number of anilines is 1. The SMILES string of the molecule is CC(C)(C)C(=O)NNC(=O)c1ccccc1NC(=O)/C=C/c1ccccc1. The second-order valence-corrected chi connectivity index (χ2v) is 6.94. The standard InChI is InChI=1S/C21H23N3O3/c1-21(2,3)20(27)24-23-19(26)16-11-7-8-12-17(16)22-18(25)14-13-15-9-5-4-6-10-15/h4-14H,1-3H3,(H,22,25)(H,23,26)(H,24,27)/b14-13+. The Labute approximate surface area is 158 Å². The quantitative estimate of drug-likeness (QED) is 0.575. The van der Waals surface area contributed by atoms with E-state index in [1.165, 1.54) is 6.08 Å². The monoisotopic (exact) mass is 365 g/mol. The highest BCUT2D eigenvalue weighted by molar-refractivity contribution is 6.07. The van der Waals surface area contributed by atoms with Gasteiger partial charge in [0.25, 0.3) is 5.91 Å². The lowest BCUT2D eigenvalue weighted by molar-refractivity contribution is -0.129. The van der Waals surface area contributed by atoms with Gasteiger partial charge in [0.1, 0.15) is 0 Å². The van der Waals surface area contributed by atoms with Gasteiger partial charge in [0.05, 0.1) is 11.3 Å². The first-order valence-corrected chi connectivity index (χ1v) is 8.51. The number of carbonyl (C=O) groups excluding carboxylic acids is 3. The average Bonchev–Trinajstić information content (AvgIpc) is 2.64. The van der Waals surface area contributed by atoms with Crippen LogP contribution in [0.4, 0.5) is 5.69 Å². The number of hydrogen-bond donors (Lipinski definition) is 3. The van der Waals surface area contributed by atoms with Crippen LogP contribution < -0.4 is 16.2 Å². The summed E-state index contributed by atoms with van der Waals surface area (Å²) in [6, 6.07) is 16.0. The first kappa shape index (κ1) is 19.9. The molecule has 2 rings (SSSR count). The van der Waals surface area contributed by atoms with Gasteiger partial charge in [-0.05, 0) is 23.8 Å². The Balaban J connectivity index is 2.04. The van der Waals surface area contributed by atoms with Crippen molar-refractivity contribution in [3.63, 3.8) is 0 Å². The summed E-state index contributed by atoms with van der Waals surface area (Å²) >= 11 is 0. The third-order valence-corrected chi connectivity index (χ3v) is 3.63. The van der Waals surface area contributed by atoms with E-state index in [1.807, 2.05) is 30.3 Å². The highest BCUT2D eigenvalue weighted by Crippen LogP contribution is 2.16. The van der Waals surface area contributed by atoms with Gasteiger partial charge in [0.15, 0.2) is 0 Å². The van der Waals surface area contributed by atoms with Crippen LogP contribution in [0.2, 0.25) is 0 Å². The van der Waals surface area contributed by atoms with E-state index in [0.717, 1.165) is 5.56 Å². The first-order valence-electron chi connectivity index (χ1n) is 8.51. The lowest BCUT2D eigenvalue weighted by Crippen LogP contribution is -2.46. The number of carbonyl (C=O) groups is 3. The Morgan fingerprint density at radius 3 is 2.15 bits per heavy atom. The van der Waals surface area contributed by atoms with Crippen LogP contribution in [0.15, 0.2) is 60.7 Å². The molecule has 0 radical (unpaired) electrons. The maximum absolute atomic E-state index is 12.4. The van der Waals surface area contributed by atoms with E-state index in [2.05, 4.69) is 16.2 Å². The minimum atomic E-state index is -0.636. The van der Waals surface area contributed by atoms with E-state index in [1.54, 1.807) is 51.1 Å². The Morgan fingerprint density at radius 2 is 1.48 bits per heavy atom. The van der Waals surface area contributed by atoms with E-state index in [-0.39, 0.29) is 17.4 Å². The lowest BCUT2D eigenvalue weighted by atomic mass is 9.96. The Kier molecular flexibility index (Phi) is 6.49. The molecule has 2 aromatic carbocycles. The number of rotatable bonds is 4. The van der Waals surface area contributed by atoms with Crippen molar-refractivity contribution in [2.75, 3.05) is 5.32 Å². The summed E-state index contributed by atoms with van der Waals surface area (Å²) < 4.78 is 0. The fourth-order valence-corrected chi connectivity index (χ4v) is 2.07. The molecule has 0 aliphatic carbocycles. The zero-order valence-electron chi connectivity index (χ0n) is 15.6. The third kappa shape index (κ3) is 6.11. The van der Waals surface area contributed by atoms with Crippen molar-refractivity contribution in [2.24, 2.45) is 5.41 Å². The Hall–Kier alpha value is -3.41. The molecule has 0 unspecified atom stereocenters. The number of para-hydroxylation sites is 1. The lowest BCUT2D eigenvalue weighted by Gasteiger charge is -2.18. The van der Waals surface area contributed by atoms with Gasteiger partial charge >= 0.3 is 0 Å². The van der Waals surface area contributed by atoms with Crippen LogP contribution >= 0.6 is 0 Å². The molecule has 0 saturated carbocycles. The molecule has 3 N–H and O–H groups in total. The predicted octanol–water partition coefficient (Wildman–Crippen LogP) is 3.15. The number of nitrogens with one attached hydrogen (secondary N) is 3. The molecule has 0 saturated heterocycles. The van der Waals surface area contributed by atoms with E-state index in [0.29, 0.717) is 5.69 Å². The minimum Gasteiger partial charge on any atom is -0.322 e. The maximum Gasteiger partial charge on any atom is 0.271 e. The normalized spacial score (nSPS) is 11.1. The molecule has 6 nitrogen and oxygen atoms in total. The van der Waals surface area contributed by atoms with Crippen molar-refractivity contribution in [1.29, 1.82) is 0 Å². The van der Waals surface area contributed by atoms with Gasteiger partial charge in [0.2, 0.25) is 11.8 Å². The van der Waals surface area contributed by atoms with Crippen molar-refractivity contribution >= 4 is 29.5 Å². The molecule has 0 atom stereocenters. The predicted molar refractivity (Wildman–Crippen MR) is 106 cm³/mol. The smallest absolute Gasteiger partial charge is 0.271 e. The number of hydrazine groups is 1. The summed E-state index contributed by atoms with van der Waals surface area (Å²) in [5.74, 6) is -1.20. The zero-order chi connectivity index (χ0) is 19.9. The number of hydrogen-bond acceptors (Lipinski definition) is 3. The van der Waals surface area contributed by atoms with Crippen LogP contribution in [0.5, 0.6) is 0 Å². The molecule has 0 aromatic heterocycles. The van der Waals surface area contributed by atoms with Crippen molar-refractivity contribution < 1.29 is 14.4 Å². The van der Waals surface area contributed by atoms with E-state index < -0.39 is 11.3 Å². The summed E-state index contributed by atoms with van der Waals surface area (Å²) in [6.45, 7) is 5.21. The van der Waals surface area contributed by atoms with Gasteiger partial charge in [-0.25, -0.2) is 0 Å². The van der Waals surface area contributed by atoms with E-state index in [4.69, 9.17) is 0 Å². The van der Waals surface area contributed by atoms with Crippen molar-refractivity contribution in [1.82, 2.24) is 10.9 Å². The van der Waals surface area contributed by atoms with Crippen LogP contribution in [0.25, 0.3) is 6.08 Å². The van der Waals surface area contributed by atoms with Gasteiger partial charge in [-0.1, -0.05) is 63.2 Å². The second kappa shape index (κ2) is 8.80. The largest absolute Gasteiger partial charge is 0.322 e. The molecule has 140 valence electrons. The van der Waals surface area contributed by atoms with Gasteiger partial charge in [-0.2, -0.15) is 0 Å². The van der Waals surface area contributed by atoms with Crippen LogP contribution in [-0.4, -0.2) is 17.7 Å². The number of benzene rings is 2. The Morgan fingerprint density at radius 1 is 0.852 bits per heavy atom. The molecule has 0 bridgehead atoms. The van der Waals surface area contributed by atoms with Crippen LogP contribution in [0.1, 0.15) is 36.7 Å². The van der Waals surface area contributed by atoms with E-state index >= 15 is 0 Å². The number of amides is 3. The van der Waals surface area contributed by atoms with Crippen LogP contribution in [0.3, 0.4) is 0 Å². The maximum atomic E-state index is 12.4. The summed E-state index contributed by atoms with van der Waals surface area (Å²) in [5.41, 5.74) is 5.60. The second-order valence-electron chi connectivity index (χ2n) is 6.94. The van der Waals surface area contributed by atoms with Crippen molar-refractivity contribution in [3.8, 4) is 0 Å². The van der Waals surface area contributed by atoms with Gasteiger partial charge in [-0.3, -0.25) is 25.2 Å². The summed E-state index contributed by atoms with van der Waals surface area (Å²) in [4.78, 5) is 36.4. The minimum absolute atomic E-state index is 0.244. The topological polar surface area (TPSA) is 87.3 Å². The highest BCUT2D eigenvalue weighted by Gasteiger charge is 2.22. The molecule has 6 heteroatoms. The van der Waals surface area contributed by atoms with Crippen molar-refractivity contribution in [3.05, 3.63) is 71.8 Å². The molecule has 27 heavy (non-hydrogen) atoms. The third-order valence-electron chi connectivity index (χ3n) is 3.63. The fourth-order valence-electron chi connectivity index (χ4n) is 2.07. The zero-order valence-corrected chi connectivity index (χ0v) is 15.6. The average molecular weight is 365 g/mol. The molecule has 2 aromatic rings. The molecule has 0 spiro atoms. The molecular formula is C21H23N3O3.